The Bertz CT molecular complexity index is 542. The molecule has 0 heterocycles. The van der Waals surface area contributed by atoms with Crippen LogP contribution in [0, 0.1) is 3.57 Å². The summed E-state index contributed by atoms with van der Waals surface area (Å²) in [4.78, 5) is 0. The summed E-state index contributed by atoms with van der Waals surface area (Å²) in [6.45, 7) is 1.25. The topological polar surface area (TPSA) is 21.3 Å². The van der Waals surface area contributed by atoms with Crippen LogP contribution in [0.2, 0.25) is 5.02 Å². The van der Waals surface area contributed by atoms with Crippen molar-refractivity contribution < 1.29 is 4.74 Å². The zero-order valence-electron chi connectivity index (χ0n) is 10.6. The largest absolute Gasteiger partial charge is 0.489 e. The van der Waals surface area contributed by atoms with Crippen molar-refractivity contribution >= 4 is 34.2 Å². The quantitative estimate of drug-likeness (QED) is 0.775. The fraction of sp³-hybridized carbons (Fsp3) is 0.200. The molecule has 0 aliphatic carbocycles. The van der Waals surface area contributed by atoms with Crippen molar-refractivity contribution in [2.75, 3.05) is 7.05 Å². The van der Waals surface area contributed by atoms with Gasteiger partial charge in [0.05, 0.1) is 0 Å². The van der Waals surface area contributed by atoms with Crippen LogP contribution in [0.1, 0.15) is 11.1 Å². The highest BCUT2D eigenvalue weighted by molar-refractivity contribution is 14.1. The lowest BCUT2D eigenvalue weighted by atomic mass is 10.2. The third-order valence-electron chi connectivity index (χ3n) is 2.74. The number of ether oxygens (including phenoxy) is 1. The normalized spacial score (nSPS) is 10.5. The summed E-state index contributed by atoms with van der Waals surface area (Å²) in [6, 6.07) is 14.0. The maximum Gasteiger partial charge on any atom is 0.125 e. The van der Waals surface area contributed by atoms with Gasteiger partial charge in [-0.1, -0.05) is 29.8 Å². The monoisotopic (exact) mass is 387 g/mol. The summed E-state index contributed by atoms with van der Waals surface area (Å²) in [6.07, 6.45) is 0. The first-order valence-corrected chi connectivity index (χ1v) is 7.45. The van der Waals surface area contributed by atoms with Crippen molar-refractivity contribution in [2.45, 2.75) is 13.2 Å². The number of halogens is 2. The number of rotatable bonds is 5. The van der Waals surface area contributed by atoms with Crippen LogP contribution >= 0.6 is 34.2 Å². The Balaban J connectivity index is 2.10. The SMILES string of the molecule is CNCc1c(Cl)cccc1OCc1ccc(I)cc1. The minimum atomic E-state index is 0.550. The van der Waals surface area contributed by atoms with Gasteiger partial charge in [-0.15, -0.1) is 0 Å². The number of benzene rings is 2. The first kappa shape index (κ1) is 14.6. The van der Waals surface area contributed by atoms with Crippen molar-refractivity contribution in [3.8, 4) is 5.75 Å². The van der Waals surface area contributed by atoms with Crippen molar-refractivity contribution in [2.24, 2.45) is 0 Å². The van der Waals surface area contributed by atoms with Gasteiger partial charge >= 0.3 is 0 Å². The van der Waals surface area contributed by atoms with Gasteiger partial charge in [0.15, 0.2) is 0 Å². The highest BCUT2D eigenvalue weighted by Crippen LogP contribution is 2.27. The zero-order valence-corrected chi connectivity index (χ0v) is 13.5. The third kappa shape index (κ3) is 4.09. The van der Waals surface area contributed by atoms with Crippen LogP contribution in [0.25, 0.3) is 0 Å². The van der Waals surface area contributed by atoms with Gasteiger partial charge in [-0.05, 0) is 59.5 Å². The van der Waals surface area contributed by atoms with Crippen LogP contribution in [-0.4, -0.2) is 7.05 Å². The van der Waals surface area contributed by atoms with Gasteiger partial charge in [-0.3, -0.25) is 0 Å². The van der Waals surface area contributed by atoms with Crippen LogP contribution in [0.3, 0.4) is 0 Å². The van der Waals surface area contributed by atoms with Crippen molar-refractivity contribution in [3.63, 3.8) is 0 Å². The second-order valence-electron chi connectivity index (χ2n) is 4.16. The fourth-order valence-corrected chi connectivity index (χ4v) is 2.36. The molecule has 0 unspecified atom stereocenters. The van der Waals surface area contributed by atoms with E-state index < -0.39 is 0 Å². The summed E-state index contributed by atoms with van der Waals surface area (Å²) < 4.78 is 7.09. The average molecular weight is 388 g/mol. The molecule has 0 fully saturated rings. The van der Waals surface area contributed by atoms with E-state index in [-0.39, 0.29) is 0 Å². The van der Waals surface area contributed by atoms with Crippen molar-refractivity contribution in [1.29, 1.82) is 0 Å². The molecule has 0 atom stereocenters. The highest BCUT2D eigenvalue weighted by atomic mass is 127. The first-order chi connectivity index (χ1) is 9.20. The minimum absolute atomic E-state index is 0.550. The maximum absolute atomic E-state index is 6.19. The molecule has 0 amide bonds. The van der Waals surface area contributed by atoms with E-state index in [1.54, 1.807) is 0 Å². The Morgan fingerprint density at radius 2 is 1.89 bits per heavy atom. The van der Waals surface area contributed by atoms with Crippen LogP contribution in [0.5, 0.6) is 5.75 Å². The molecule has 2 aromatic rings. The second-order valence-corrected chi connectivity index (χ2v) is 5.81. The molecular weight excluding hydrogens is 373 g/mol. The Morgan fingerprint density at radius 3 is 2.58 bits per heavy atom. The van der Waals surface area contributed by atoms with Crippen LogP contribution < -0.4 is 10.1 Å². The minimum Gasteiger partial charge on any atom is -0.489 e. The highest BCUT2D eigenvalue weighted by Gasteiger charge is 2.07. The molecule has 0 bridgehead atoms. The van der Waals surface area contributed by atoms with E-state index in [9.17, 15) is 0 Å². The number of hydrogen-bond donors (Lipinski definition) is 1. The summed E-state index contributed by atoms with van der Waals surface area (Å²) in [5, 5.41) is 3.84. The molecule has 0 aromatic heterocycles. The lowest BCUT2D eigenvalue weighted by Crippen LogP contribution is -2.08. The van der Waals surface area contributed by atoms with E-state index in [1.807, 2.05) is 25.2 Å². The molecule has 0 saturated carbocycles. The Kier molecular flexibility index (Phi) is 5.48. The summed E-state index contributed by atoms with van der Waals surface area (Å²) in [5.41, 5.74) is 2.15. The molecule has 0 radical (unpaired) electrons. The molecule has 2 nitrogen and oxygen atoms in total. The molecule has 0 spiro atoms. The van der Waals surface area contributed by atoms with Crippen molar-refractivity contribution in [1.82, 2.24) is 5.32 Å². The fourth-order valence-electron chi connectivity index (χ4n) is 1.76. The van der Waals surface area contributed by atoms with E-state index in [1.165, 1.54) is 3.57 Å². The molecule has 1 N–H and O–H groups in total. The standard InChI is InChI=1S/C15H15ClINO/c1-18-9-13-14(16)3-2-4-15(13)19-10-11-5-7-12(17)8-6-11/h2-8,18H,9-10H2,1H3. The Labute approximate surface area is 132 Å². The molecule has 0 aliphatic rings. The molecule has 0 saturated heterocycles. The lowest BCUT2D eigenvalue weighted by molar-refractivity contribution is 0.302. The van der Waals surface area contributed by atoms with Gasteiger partial charge in [0, 0.05) is 20.7 Å². The molecule has 0 aliphatic heterocycles. The Morgan fingerprint density at radius 1 is 1.16 bits per heavy atom. The van der Waals surface area contributed by atoms with Gasteiger partial charge in [-0.25, -0.2) is 0 Å². The molecule has 2 aromatic carbocycles. The number of hydrogen-bond acceptors (Lipinski definition) is 2. The van der Waals surface area contributed by atoms with E-state index in [2.05, 4.69) is 52.2 Å². The maximum atomic E-state index is 6.19. The van der Waals surface area contributed by atoms with Crippen LogP contribution in [-0.2, 0) is 13.2 Å². The predicted octanol–water partition coefficient (Wildman–Crippen LogP) is 4.24. The van der Waals surface area contributed by atoms with Crippen molar-refractivity contribution in [3.05, 3.63) is 62.2 Å². The molecule has 100 valence electrons. The van der Waals surface area contributed by atoms with Gasteiger partial charge < -0.3 is 10.1 Å². The van der Waals surface area contributed by atoms with E-state index in [0.29, 0.717) is 13.2 Å². The molecular formula is C15H15ClINO. The van der Waals surface area contributed by atoms with Gasteiger partial charge in [0.1, 0.15) is 12.4 Å². The molecule has 4 heteroatoms. The summed E-state index contributed by atoms with van der Waals surface area (Å²) in [5.74, 6) is 0.834. The number of nitrogens with one attached hydrogen (secondary N) is 1. The van der Waals surface area contributed by atoms with Crippen LogP contribution in [0.4, 0.5) is 0 Å². The smallest absolute Gasteiger partial charge is 0.125 e. The van der Waals surface area contributed by atoms with Crippen LogP contribution in [0.15, 0.2) is 42.5 Å². The third-order valence-corrected chi connectivity index (χ3v) is 3.81. The average Bonchev–Trinajstić information content (AvgIpc) is 2.41. The predicted molar refractivity (Wildman–Crippen MR) is 87.7 cm³/mol. The van der Waals surface area contributed by atoms with Gasteiger partial charge in [-0.2, -0.15) is 0 Å². The Hall–Kier alpha value is -0.780. The van der Waals surface area contributed by atoms with E-state index in [0.717, 1.165) is 21.9 Å². The van der Waals surface area contributed by atoms with Gasteiger partial charge in [0.25, 0.3) is 0 Å². The zero-order chi connectivity index (χ0) is 13.7. The summed E-state index contributed by atoms with van der Waals surface area (Å²) >= 11 is 8.48. The van der Waals surface area contributed by atoms with Gasteiger partial charge in [0.2, 0.25) is 0 Å². The molecule has 19 heavy (non-hydrogen) atoms. The second kappa shape index (κ2) is 7.12. The lowest BCUT2D eigenvalue weighted by Gasteiger charge is -2.12. The molecule has 2 rings (SSSR count). The summed E-state index contributed by atoms with van der Waals surface area (Å²) in [7, 11) is 1.90. The van der Waals surface area contributed by atoms with E-state index in [4.69, 9.17) is 16.3 Å². The van der Waals surface area contributed by atoms with E-state index >= 15 is 0 Å². The first-order valence-electron chi connectivity index (χ1n) is 6.00.